The van der Waals surface area contributed by atoms with Gasteiger partial charge in [-0.3, -0.25) is 9.59 Å². The second kappa shape index (κ2) is 6.09. The molecule has 2 aromatic carbocycles. The number of rotatable bonds is 2. The number of nitrogens with zero attached hydrogens (tertiary/aromatic N) is 1. The van der Waals surface area contributed by atoms with Crippen LogP contribution >= 0.6 is 0 Å². The van der Waals surface area contributed by atoms with E-state index >= 15 is 0 Å². The van der Waals surface area contributed by atoms with Crippen LogP contribution in [0.2, 0.25) is 0 Å². The summed E-state index contributed by atoms with van der Waals surface area (Å²) in [5.74, 6) is -1.29. The van der Waals surface area contributed by atoms with E-state index in [1.807, 2.05) is 13.0 Å². The lowest BCUT2D eigenvalue weighted by Gasteiger charge is -2.16. The van der Waals surface area contributed by atoms with Gasteiger partial charge in [0, 0.05) is 18.4 Å². The third-order valence-electron chi connectivity index (χ3n) is 3.01. The van der Waals surface area contributed by atoms with Gasteiger partial charge in [-0.15, -0.1) is 0 Å². The molecule has 0 aliphatic carbocycles. The first-order valence-corrected chi connectivity index (χ1v) is 6.42. The van der Waals surface area contributed by atoms with Crippen LogP contribution in [0.4, 0.5) is 11.4 Å². The van der Waals surface area contributed by atoms with E-state index in [4.69, 9.17) is 0 Å². The zero-order valence-electron chi connectivity index (χ0n) is 11.8. The highest BCUT2D eigenvalue weighted by Crippen LogP contribution is 2.17. The van der Waals surface area contributed by atoms with Crippen LogP contribution in [0.25, 0.3) is 0 Å². The molecule has 21 heavy (non-hydrogen) atoms. The van der Waals surface area contributed by atoms with E-state index in [2.05, 4.69) is 5.32 Å². The second-order valence-electron chi connectivity index (χ2n) is 4.70. The van der Waals surface area contributed by atoms with Crippen LogP contribution in [0.3, 0.4) is 0 Å². The Kier molecular flexibility index (Phi) is 4.23. The van der Waals surface area contributed by atoms with E-state index in [1.54, 1.807) is 30.3 Å². The molecule has 0 saturated carbocycles. The number of carbonyl (C=O) groups excluding carboxylic acids is 2. The average Bonchev–Trinajstić information content (AvgIpc) is 2.46. The minimum atomic E-state index is -0.712. The molecule has 0 aliphatic heterocycles. The molecule has 0 bridgehead atoms. The summed E-state index contributed by atoms with van der Waals surface area (Å²) in [6.07, 6.45) is 0. The topological polar surface area (TPSA) is 69.6 Å². The summed E-state index contributed by atoms with van der Waals surface area (Å²) in [5, 5.41) is 11.8. The summed E-state index contributed by atoms with van der Waals surface area (Å²) in [6.45, 7) is 1.90. The molecule has 2 aromatic rings. The molecule has 5 heteroatoms. The van der Waals surface area contributed by atoms with Gasteiger partial charge in [0.2, 0.25) is 0 Å². The van der Waals surface area contributed by atoms with Crippen LogP contribution < -0.4 is 10.2 Å². The van der Waals surface area contributed by atoms with Gasteiger partial charge in [0.25, 0.3) is 0 Å². The Morgan fingerprint density at radius 1 is 1.10 bits per heavy atom. The predicted molar refractivity (Wildman–Crippen MR) is 81.3 cm³/mol. The lowest BCUT2D eigenvalue weighted by atomic mass is 10.2. The molecule has 0 heterocycles. The van der Waals surface area contributed by atoms with E-state index < -0.39 is 11.8 Å². The highest BCUT2D eigenvalue weighted by molar-refractivity contribution is 6.44. The molecule has 0 spiro atoms. The first kappa shape index (κ1) is 14.6. The van der Waals surface area contributed by atoms with Crippen molar-refractivity contribution < 1.29 is 14.7 Å². The molecule has 2 rings (SSSR count). The largest absolute Gasteiger partial charge is 0.508 e. The van der Waals surface area contributed by atoms with Crippen molar-refractivity contribution in [2.75, 3.05) is 17.3 Å². The molecule has 0 fully saturated rings. The van der Waals surface area contributed by atoms with Crippen molar-refractivity contribution in [3.05, 3.63) is 54.1 Å². The van der Waals surface area contributed by atoms with Crippen molar-refractivity contribution in [1.82, 2.24) is 0 Å². The van der Waals surface area contributed by atoms with Crippen molar-refractivity contribution in [1.29, 1.82) is 0 Å². The maximum absolute atomic E-state index is 12.1. The zero-order valence-corrected chi connectivity index (χ0v) is 11.8. The number of hydrogen-bond acceptors (Lipinski definition) is 3. The average molecular weight is 284 g/mol. The number of benzene rings is 2. The van der Waals surface area contributed by atoms with Gasteiger partial charge >= 0.3 is 11.8 Å². The number of aryl methyl sites for hydroxylation is 1. The maximum atomic E-state index is 12.1. The summed E-state index contributed by atoms with van der Waals surface area (Å²) in [5.41, 5.74) is 2.09. The molecule has 5 nitrogen and oxygen atoms in total. The lowest BCUT2D eigenvalue weighted by Crippen LogP contribution is -2.37. The van der Waals surface area contributed by atoms with Crippen LogP contribution in [0.1, 0.15) is 5.56 Å². The number of hydrogen-bond donors (Lipinski definition) is 2. The highest BCUT2D eigenvalue weighted by Gasteiger charge is 2.20. The lowest BCUT2D eigenvalue weighted by molar-refractivity contribution is -0.134. The summed E-state index contributed by atoms with van der Waals surface area (Å²) >= 11 is 0. The van der Waals surface area contributed by atoms with E-state index in [-0.39, 0.29) is 5.75 Å². The van der Waals surface area contributed by atoms with Crippen molar-refractivity contribution in [2.45, 2.75) is 6.92 Å². The van der Waals surface area contributed by atoms with Crippen LogP contribution in [0.15, 0.2) is 48.5 Å². The van der Waals surface area contributed by atoms with Crippen LogP contribution in [0, 0.1) is 6.92 Å². The SMILES string of the molecule is Cc1cccc(NC(=O)C(=O)N(C)c2ccc(O)cc2)c1. The Labute approximate surface area is 122 Å². The number of likely N-dealkylation sites (N-methyl/N-ethyl adjacent to an activating group) is 1. The van der Waals surface area contributed by atoms with E-state index in [0.29, 0.717) is 11.4 Å². The molecule has 0 aliphatic rings. The van der Waals surface area contributed by atoms with Crippen molar-refractivity contribution in [3.63, 3.8) is 0 Å². The minimum Gasteiger partial charge on any atom is -0.508 e. The van der Waals surface area contributed by atoms with Gasteiger partial charge in [-0.25, -0.2) is 0 Å². The molecule has 0 saturated heterocycles. The fraction of sp³-hybridized carbons (Fsp3) is 0.125. The number of phenols is 1. The predicted octanol–water partition coefficient (Wildman–Crippen LogP) is 2.30. The number of anilines is 2. The Bertz CT molecular complexity index is 665. The van der Waals surface area contributed by atoms with Crippen LogP contribution in [0.5, 0.6) is 5.75 Å². The van der Waals surface area contributed by atoms with Gasteiger partial charge in [-0.1, -0.05) is 12.1 Å². The monoisotopic (exact) mass is 284 g/mol. The highest BCUT2D eigenvalue weighted by atomic mass is 16.3. The number of aromatic hydroxyl groups is 1. The summed E-state index contributed by atoms with van der Waals surface area (Å²) in [4.78, 5) is 25.2. The van der Waals surface area contributed by atoms with Gasteiger partial charge < -0.3 is 15.3 Å². The fourth-order valence-electron chi connectivity index (χ4n) is 1.85. The Balaban J connectivity index is 2.08. The third-order valence-corrected chi connectivity index (χ3v) is 3.01. The van der Waals surface area contributed by atoms with Gasteiger partial charge in [-0.05, 0) is 48.9 Å². The Morgan fingerprint density at radius 3 is 2.38 bits per heavy atom. The van der Waals surface area contributed by atoms with Crippen molar-refractivity contribution >= 4 is 23.2 Å². The van der Waals surface area contributed by atoms with Crippen molar-refractivity contribution in [2.24, 2.45) is 0 Å². The number of carbonyl (C=O) groups is 2. The molecular formula is C16H16N2O3. The minimum absolute atomic E-state index is 0.101. The summed E-state index contributed by atoms with van der Waals surface area (Å²) in [6, 6.07) is 13.2. The zero-order chi connectivity index (χ0) is 15.4. The summed E-state index contributed by atoms with van der Waals surface area (Å²) in [7, 11) is 1.50. The quantitative estimate of drug-likeness (QED) is 0.831. The molecule has 0 aromatic heterocycles. The molecular weight excluding hydrogens is 268 g/mol. The molecule has 0 unspecified atom stereocenters. The van der Waals surface area contributed by atoms with Crippen LogP contribution in [-0.4, -0.2) is 24.0 Å². The van der Waals surface area contributed by atoms with E-state index in [1.165, 1.54) is 24.1 Å². The molecule has 108 valence electrons. The molecule has 2 amide bonds. The van der Waals surface area contributed by atoms with Crippen LogP contribution in [-0.2, 0) is 9.59 Å². The van der Waals surface area contributed by atoms with Gasteiger partial charge in [-0.2, -0.15) is 0 Å². The molecule has 2 N–H and O–H groups in total. The second-order valence-corrected chi connectivity index (χ2v) is 4.70. The number of phenolic OH excluding ortho intramolecular Hbond substituents is 1. The third kappa shape index (κ3) is 3.60. The normalized spacial score (nSPS) is 10.0. The van der Waals surface area contributed by atoms with Gasteiger partial charge in [0.15, 0.2) is 0 Å². The number of nitrogens with one attached hydrogen (secondary N) is 1. The maximum Gasteiger partial charge on any atom is 0.316 e. The fourth-order valence-corrected chi connectivity index (χ4v) is 1.85. The molecule has 0 radical (unpaired) electrons. The Hall–Kier alpha value is -2.82. The first-order chi connectivity index (χ1) is 9.97. The smallest absolute Gasteiger partial charge is 0.316 e. The molecule has 0 atom stereocenters. The van der Waals surface area contributed by atoms with E-state index in [0.717, 1.165) is 5.56 Å². The Morgan fingerprint density at radius 2 is 1.76 bits per heavy atom. The van der Waals surface area contributed by atoms with Crippen molar-refractivity contribution in [3.8, 4) is 5.75 Å². The number of amides is 2. The summed E-state index contributed by atoms with van der Waals surface area (Å²) < 4.78 is 0. The van der Waals surface area contributed by atoms with Gasteiger partial charge in [0.05, 0.1) is 0 Å². The van der Waals surface area contributed by atoms with Gasteiger partial charge in [0.1, 0.15) is 5.75 Å². The standard InChI is InChI=1S/C16H16N2O3/c1-11-4-3-5-12(10-11)17-15(20)16(21)18(2)13-6-8-14(19)9-7-13/h3-10,19H,1-2H3,(H,17,20). The first-order valence-electron chi connectivity index (χ1n) is 6.42. The van der Waals surface area contributed by atoms with E-state index in [9.17, 15) is 14.7 Å².